The van der Waals surface area contributed by atoms with Gasteiger partial charge in [0.1, 0.15) is 13.2 Å². The monoisotopic (exact) mass is 815 g/mol. The van der Waals surface area contributed by atoms with Gasteiger partial charge in [0.15, 0.2) is 6.10 Å². The highest BCUT2D eigenvalue weighted by atomic mass is 16.6. The lowest BCUT2D eigenvalue weighted by molar-refractivity contribution is -0.167. The average Bonchev–Trinajstić information content (AvgIpc) is 3.22. The van der Waals surface area contributed by atoms with Gasteiger partial charge in [-0.05, 0) is 51.4 Å². The smallest absolute Gasteiger partial charge is 0.306 e. The number of ether oxygens (including phenoxy) is 3. The lowest BCUT2D eigenvalue weighted by Crippen LogP contribution is -2.30. The Hall–Kier alpha value is -2.37. The van der Waals surface area contributed by atoms with Crippen LogP contribution in [0, 0.1) is 0 Å². The summed E-state index contributed by atoms with van der Waals surface area (Å²) in [5.74, 6) is -0.882. The Morgan fingerprint density at radius 2 is 0.672 bits per heavy atom. The summed E-state index contributed by atoms with van der Waals surface area (Å²) in [5, 5.41) is 0. The van der Waals surface area contributed by atoms with Crippen LogP contribution in [0.4, 0.5) is 0 Å². The molecule has 0 rings (SSSR count). The number of hydrogen-bond acceptors (Lipinski definition) is 6. The molecule has 0 saturated carbocycles. The fourth-order valence-corrected chi connectivity index (χ4v) is 7.16. The van der Waals surface area contributed by atoms with E-state index in [4.69, 9.17) is 14.2 Å². The zero-order chi connectivity index (χ0) is 42.3. The standard InChI is InChI=1S/C52H94O6/c1-4-7-10-13-16-19-22-25-26-28-30-33-36-39-42-45-51(54)57-48-49(47-56-50(53)44-41-38-35-32-29-24-21-18-15-12-9-6-3)58-52(55)46-43-40-37-34-31-27-23-20-17-14-11-8-5-2/h7,10,16,19,25-26,49H,4-6,8-9,11-15,17-18,20-24,27-48H2,1-3H3/b10-7-,19-16-,26-25-. The van der Waals surface area contributed by atoms with Gasteiger partial charge in [0.2, 0.25) is 0 Å². The van der Waals surface area contributed by atoms with Crippen LogP contribution in [0.25, 0.3) is 0 Å². The third-order valence-corrected chi connectivity index (χ3v) is 10.9. The van der Waals surface area contributed by atoms with Gasteiger partial charge >= 0.3 is 17.9 Å². The van der Waals surface area contributed by atoms with Gasteiger partial charge in [-0.3, -0.25) is 14.4 Å². The van der Waals surface area contributed by atoms with Crippen molar-refractivity contribution in [3.05, 3.63) is 36.5 Å². The molecule has 0 aromatic carbocycles. The van der Waals surface area contributed by atoms with Crippen molar-refractivity contribution < 1.29 is 28.6 Å². The first kappa shape index (κ1) is 55.6. The van der Waals surface area contributed by atoms with Crippen LogP contribution >= 0.6 is 0 Å². The molecule has 1 atom stereocenters. The van der Waals surface area contributed by atoms with Crippen molar-refractivity contribution in [1.82, 2.24) is 0 Å². The Bertz CT molecular complexity index is 984. The van der Waals surface area contributed by atoms with Crippen LogP contribution in [0.1, 0.15) is 258 Å². The molecule has 0 aromatic heterocycles. The molecule has 1 unspecified atom stereocenters. The fraction of sp³-hybridized carbons (Fsp3) is 0.827. The fourth-order valence-electron chi connectivity index (χ4n) is 7.16. The second-order valence-electron chi connectivity index (χ2n) is 16.7. The van der Waals surface area contributed by atoms with Gasteiger partial charge in [0.25, 0.3) is 0 Å². The van der Waals surface area contributed by atoms with Gasteiger partial charge in [-0.15, -0.1) is 0 Å². The van der Waals surface area contributed by atoms with Crippen LogP contribution in [0.2, 0.25) is 0 Å². The van der Waals surface area contributed by atoms with Crippen LogP contribution < -0.4 is 0 Å². The number of carbonyl (C=O) groups excluding carboxylic acids is 3. The summed E-state index contributed by atoms with van der Waals surface area (Å²) >= 11 is 0. The van der Waals surface area contributed by atoms with Crippen molar-refractivity contribution in [1.29, 1.82) is 0 Å². The molecule has 0 heterocycles. The third kappa shape index (κ3) is 44.7. The van der Waals surface area contributed by atoms with E-state index in [2.05, 4.69) is 57.2 Å². The minimum Gasteiger partial charge on any atom is -0.462 e. The molecule has 0 aromatic rings. The molecule has 0 spiro atoms. The Morgan fingerprint density at radius 1 is 0.362 bits per heavy atom. The molecule has 0 bridgehead atoms. The van der Waals surface area contributed by atoms with Crippen LogP contribution in [-0.2, 0) is 28.6 Å². The predicted octanol–water partition coefficient (Wildman–Crippen LogP) is 16.1. The van der Waals surface area contributed by atoms with Crippen molar-refractivity contribution in [2.75, 3.05) is 13.2 Å². The molecular weight excluding hydrogens is 721 g/mol. The Balaban J connectivity index is 4.37. The maximum Gasteiger partial charge on any atom is 0.306 e. The highest BCUT2D eigenvalue weighted by Crippen LogP contribution is 2.15. The normalized spacial score (nSPS) is 12.3. The minimum atomic E-state index is -0.772. The average molecular weight is 815 g/mol. The topological polar surface area (TPSA) is 78.9 Å². The number of allylic oxidation sites excluding steroid dienone is 6. The summed E-state index contributed by atoms with van der Waals surface area (Å²) in [7, 11) is 0. The van der Waals surface area contributed by atoms with Gasteiger partial charge < -0.3 is 14.2 Å². The highest BCUT2D eigenvalue weighted by Gasteiger charge is 2.19. The lowest BCUT2D eigenvalue weighted by atomic mass is 10.0. The predicted molar refractivity (Wildman–Crippen MR) is 247 cm³/mol. The van der Waals surface area contributed by atoms with E-state index < -0.39 is 6.10 Å². The molecule has 0 aliphatic carbocycles. The molecule has 0 saturated heterocycles. The number of unbranched alkanes of at least 4 members (excludes halogenated alkanes) is 28. The van der Waals surface area contributed by atoms with Crippen LogP contribution in [0.5, 0.6) is 0 Å². The van der Waals surface area contributed by atoms with Crippen molar-refractivity contribution in [2.45, 2.75) is 264 Å². The summed E-state index contributed by atoms with van der Waals surface area (Å²) < 4.78 is 16.8. The summed E-state index contributed by atoms with van der Waals surface area (Å²) in [6.45, 7) is 6.52. The SMILES string of the molecule is CC/C=C\C/C=C\C/C=C\CCCCCCCC(=O)OCC(COC(=O)CCCCCCCCCCCCCC)OC(=O)CCCCCCCCCCCCCCC. The van der Waals surface area contributed by atoms with E-state index in [1.54, 1.807) is 0 Å². The van der Waals surface area contributed by atoms with Gasteiger partial charge in [0.05, 0.1) is 0 Å². The van der Waals surface area contributed by atoms with Crippen molar-refractivity contribution in [3.63, 3.8) is 0 Å². The summed E-state index contributed by atoms with van der Waals surface area (Å²) in [6, 6.07) is 0. The van der Waals surface area contributed by atoms with Gasteiger partial charge in [-0.2, -0.15) is 0 Å². The molecule has 6 heteroatoms. The summed E-state index contributed by atoms with van der Waals surface area (Å²) in [6.07, 6.45) is 54.1. The molecule has 0 aliphatic heterocycles. The summed E-state index contributed by atoms with van der Waals surface area (Å²) in [5.41, 5.74) is 0. The number of esters is 3. The Morgan fingerprint density at radius 3 is 1.05 bits per heavy atom. The van der Waals surface area contributed by atoms with Crippen LogP contribution in [0.15, 0.2) is 36.5 Å². The van der Waals surface area contributed by atoms with E-state index in [0.717, 1.165) is 96.3 Å². The molecule has 58 heavy (non-hydrogen) atoms. The first-order chi connectivity index (χ1) is 28.5. The van der Waals surface area contributed by atoms with E-state index >= 15 is 0 Å². The van der Waals surface area contributed by atoms with Crippen LogP contribution in [-0.4, -0.2) is 37.2 Å². The van der Waals surface area contributed by atoms with Crippen LogP contribution in [0.3, 0.4) is 0 Å². The minimum absolute atomic E-state index is 0.0737. The zero-order valence-corrected chi connectivity index (χ0v) is 38.6. The molecule has 338 valence electrons. The van der Waals surface area contributed by atoms with Gasteiger partial charge in [-0.1, -0.05) is 224 Å². The molecular formula is C52H94O6. The quantitative estimate of drug-likeness (QED) is 0.0264. The van der Waals surface area contributed by atoms with Crippen molar-refractivity contribution in [3.8, 4) is 0 Å². The summed E-state index contributed by atoms with van der Waals surface area (Å²) in [4.78, 5) is 37.9. The van der Waals surface area contributed by atoms with E-state index in [1.807, 2.05) is 0 Å². The van der Waals surface area contributed by atoms with Gasteiger partial charge in [0, 0.05) is 19.3 Å². The van der Waals surface area contributed by atoms with Crippen molar-refractivity contribution in [2.24, 2.45) is 0 Å². The third-order valence-electron chi connectivity index (χ3n) is 10.9. The Kier molecular flexibility index (Phi) is 45.4. The second-order valence-corrected chi connectivity index (χ2v) is 16.7. The van der Waals surface area contributed by atoms with E-state index in [9.17, 15) is 14.4 Å². The first-order valence-electron chi connectivity index (χ1n) is 25.0. The van der Waals surface area contributed by atoms with E-state index in [-0.39, 0.29) is 31.1 Å². The maximum absolute atomic E-state index is 12.8. The zero-order valence-electron chi connectivity index (χ0n) is 38.6. The van der Waals surface area contributed by atoms with E-state index in [1.165, 1.54) is 122 Å². The molecule has 6 nitrogen and oxygen atoms in total. The molecule has 0 radical (unpaired) electrons. The highest BCUT2D eigenvalue weighted by molar-refractivity contribution is 5.71. The Labute approximate surface area is 359 Å². The molecule has 0 amide bonds. The number of carbonyl (C=O) groups is 3. The first-order valence-corrected chi connectivity index (χ1v) is 25.0. The largest absolute Gasteiger partial charge is 0.462 e. The molecule has 0 N–H and O–H groups in total. The van der Waals surface area contributed by atoms with Gasteiger partial charge in [-0.25, -0.2) is 0 Å². The molecule has 0 fully saturated rings. The maximum atomic E-state index is 12.8. The second kappa shape index (κ2) is 47.3. The molecule has 0 aliphatic rings. The van der Waals surface area contributed by atoms with E-state index in [0.29, 0.717) is 19.3 Å². The lowest BCUT2D eigenvalue weighted by Gasteiger charge is -2.18. The van der Waals surface area contributed by atoms with Crippen molar-refractivity contribution >= 4 is 17.9 Å². The number of rotatable bonds is 45. The number of hydrogen-bond donors (Lipinski definition) is 0.